The van der Waals surface area contributed by atoms with Crippen LogP contribution in [0.4, 0.5) is 4.79 Å². The van der Waals surface area contributed by atoms with Crippen molar-refractivity contribution in [2.24, 2.45) is 0 Å². The van der Waals surface area contributed by atoms with Crippen LogP contribution in [0.1, 0.15) is 24.8 Å². The minimum absolute atomic E-state index is 0.125. The Morgan fingerprint density at radius 3 is 2.64 bits per heavy atom. The lowest BCUT2D eigenvalue weighted by Crippen LogP contribution is -2.56. The summed E-state index contributed by atoms with van der Waals surface area (Å²) < 4.78 is 0. The Morgan fingerprint density at radius 2 is 2.05 bits per heavy atom. The van der Waals surface area contributed by atoms with Crippen LogP contribution < -0.4 is 0 Å². The minimum atomic E-state index is 0.125. The van der Waals surface area contributed by atoms with Crippen LogP contribution in [0.15, 0.2) is 30.3 Å². The molecule has 1 atom stereocenters. The van der Waals surface area contributed by atoms with E-state index >= 15 is 0 Å². The fourth-order valence-corrected chi connectivity index (χ4v) is 3.39. The molecular weight excluding hydrogens is 276 g/mol. The number of amides is 2. The molecule has 22 heavy (non-hydrogen) atoms. The zero-order chi connectivity index (χ0) is 15.5. The molecule has 0 aliphatic carbocycles. The number of nitriles is 1. The molecule has 0 spiro atoms. The Bertz CT molecular complexity index is 562. The van der Waals surface area contributed by atoms with E-state index in [0.29, 0.717) is 19.0 Å². The first-order valence-corrected chi connectivity index (χ1v) is 7.98. The fraction of sp³-hybridized carbons (Fsp3) is 0.529. The van der Waals surface area contributed by atoms with E-state index in [9.17, 15) is 4.79 Å². The topological polar surface area (TPSA) is 50.6 Å². The normalized spacial score (nSPS) is 21.4. The molecule has 0 aromatic heterocycles. The van der Waals surface area contributed by atoms with E-state index in [0.717, 1.165) is 26.1 Å². The first kappa shape index (κ1) is 14.7. The van der Waals surface area contributed by atoms with Crippen LogP contribution in [0.25, 0.3) is 0 Å². The molecule has 0 saturated carbocycles. The molecule has 2 amide bonds. The highest BCUT2D eigenvalue weighted by molar-refractivity contribution is 5.76. The number of rotatable bonds is 3. The van der Waals surface area contributed by atoms with Crippen molar-refractivity contribution in [3.63, 3.8) is 0 Å². The first-order chi connectivity index (χ1) is 10.7. The largest absolute Gasteiger partial charge is 0.323 e. The van der Waals surface area contributed by atoms with Crippen LogP contribution in [0.3, 0.4) is 0 Å². The Hall–Kier alpha value is -2.22. The lowest BCUT2D eigenvalue weighted by atomic mass is 9.92. The molecule has 0 bridgehead atoms. The van der Waals surface area contributed by atoms with Crippen LogP contribution in [0.2, 0.25) is 0 Å². The lowest BCUT2D eigenvalue weighted by Gasteiger charge is -2.43. The van der Waals surface area contributed by atoms with Gasteiger partial charge in [-0.3, -0.25) is 0 Å². The number of carbonyl (C=O) groups is 1. The van der Waals surface area contributed by atoms with Crippen molar-refractivity contribution >= 4 is 6.03 Å². The van der Waals surface area contributed by atoms with Crippen LogP contribution >= 0.6 is 0 Å². The molecule has 0 radical (unpaired) electrons. The maximum Gasteiger partial charge on any atom is 0.320 e. The first-order valence-electron chi connectivity index (χ1n) is 7.98. The second-order valence-electron chi connectivity index (χ2n) is 6.07. The molecule has 2 heterocycles. The Kier molecular flexibility index (Phi) is 4.19. The number of hydrogen-bond donors (Lipinski definition) is 0. The van der Waals surface area contributed by atoms with Crippen molar-refractivity contribution in [3.8, 4) is 6.19 Å². The van der Waals surface area contributed by atoms with Gasteiger partial charge in [0.25, 0.3) is 0 Å². The van der Waals surface area contributed by atoms with E-state index in [1.54, 1.807) is 4.90 Å². The zero-order valence-electron chi connectivity index (χ0n) is 13.0. The Morgan fingerprint density at radius 1 is 1.32 bits per heavy atom. The number of carbonyl (C=O) groups excluding carboxylic acids is 1. The summed E-state index contributed by atoms with van der Waals surface area (Å²) in [5.41, 5.74) is 1.31. The summed E-state index contributed by atoms with van der Waals surface area (Å²) in [6.45, 7) is 5.75. The minimum Gasteiger partial charge on any atom is -0.323 e. The molecule has 1 aromatic rings. The summed E-state index contributed by atoms with van der Waals surface area (Å²) in [6, 6.07) is 10.7. The van der Waals surface area contributed by atoms with Crippen LogP contribution in [-0.4, -0.2) is 59.5 Å². The van der Waals surface area contributed by atoms with Gasteiger partial charge in [-0.05, 0) is 18.9 Å². The highest BCUT2D eigenvalue weighted by Crippen LogP contribution is 2.28. The average Bonchev–Trinajstić information content (AvgIpc) is 2.96. The number of nitrogens with zero attached hydrogens (tertiary/aromatic N) is 4. The zero-order valence-corrected chi connectivity index (χ0v) is 13.0. The van der Waals surface area contributed by atoms with Gasteiger partial charge >= 0.3 is 6.03 Å². The van der Waals surface area contributed by atoms with Crippen molar-refractivity contribution < 1.29 is 4.79 Å². The summed E-state index contributed by atoms with van der Waals surface area (Å²) in [5.74, 6) is 0.461. The van der Waals surface area contributed by atoms with Gasteiger partial charge in [0.15, 0.2) is 6.19 Å². The van der Waals surface area contributed by atoms with Crippen LogP contribution in [0, 0.1) is 11.5 Å². The summed E-state index contributed by atoms with van der Waals surface area (Å²) in [4.78, 5) is 18.3. The second-order valence-corrected chi connectivity index (χ2v) is 6.07. The van der Waals surface area contributed by atoms with Gasteiger partial charge < -0.3 is 14.7 Å². The molecule has 2 fully saturated rings. The predicted molar refractivity (Wildman–Crippen MR) is 84.1 cm³/mol. The fourth-order valence-electron chi connectivity index (χ4n) is 3.39. The molecular formula is C17H22N4O. The van der Waals surface area contributed by atoms with E-state index in [1.165, 1.54) is 5.56 Å². The number of hydrogen-bond acceptors (Lipinski definition) is 3. The van der Waals surface area contributed by atoms with Gasteiger partial charge in [-0.15, -0.1) is 0 Å². The van der Waals surface area contributed by atoms with Gasteiger partial charge in [0.2, 0.25) is 0 Å². The third-order valence-corrected chi connectivity index (χ3v) is 4.76. The van der Waals surface area contributed by atoms with E-state index in [-0.39, 0.29) is 12.1 Å². The molecule has 5 nitrogen and oxygen atoms in total. The summed E-state index contributed by atoms with van der Waals surface area (Å²) in [7, 11) is 0. The SMILES string of the molecule is CCN(C(=O)N1CC(c2ccccc2)C1)C1CCN(C#N)C1. The van der Waals surface area contributed by atoms with Crippen LogP contribution in [0.5, 0.6) is 0 Å². The highest BCUT2D eigenvalue weighted by Gasteiger charge is 2.37. The number of likely N-dealkylation sites (N-methyl/N-ethyl adjacent to an activating group) is 1. The highest BCUT2D eigenvalue weighted by atomic mass is 16.2. The Balaban J connectivity index is 1.57. The van der Waals surface area contributed by atoms with Gasteiger partial charge in [0.05, 0.1) is 6.04 Å². The molecule has 116 valence electrons. The summed E-state index contributed by atoms with van der Waals surface area (Å²) in [6.07, 6.45) is 3.07. The van der Waals surface area contributed by atoms with E-state index in [1.807, 2.05) is 34.9 Å². The molecule has 1 aromatic carbocycles. The van der Waals surface area contributed by atoms with Gasteiger partial charge in [0.1, 0.15) is 0 Å². The smallest absolute Gasteiger partial charge is 0.320 e. The third-order valence-electron chi connectivity index (χ3n) is 4.76. The van der Waals surface area contributed by atoms with Gasteiger partial charge in [-0.1, -0.05) is 30.3 Å². The van der Waals surface area contributed by atoms with Crippen molar-refractivity contribution in [1.29, 1.82) is 5.26 Å². The van der Waals surface area contributed by atoms with E-state index < -0.39 is 0 Å². The quantitative estimate of drug-likeness (QED) is 0.803. The molecule has 0 N–H and O–H groups in total. The summed E-state index contributed by atoms with van der Waals surface area (Å²) >= 11 is 0. The van der Waals surface area contributed by atoms with E-state index in [4.69, 9.17) is 5.26 Å². The van der Waals surface area contributed by atoms with Crippen LogP contribution in [-0.2, 0) is 0 Å². The molecule has 3 rings (SSSR count). The maximum atomic E-state index is 12.7. The van der Waals surface area contributed by atoms with Gasteiger partial charge in [-0.2, -0.15) is 5.26 Å². The van der Waals surface area contributed by atoms with Crippen molar-refractivity contribution in [1.82, 2.24) is 14.7 Å². The Labute approximate surface area is 131 Å². The van der Waals surface area contributed by atoms with Crippen molar-refractivity contribution in [3.05, 3.63) is 35.9 Å². The number of benzene rings is 1. The van der Waals surface area contributed by atoms with E-state index in [2.05, 4.69) is 18.3 Å². The summed E-state index contributed by atoms with van der Waals surface area (Å²) in [5, 5.41) is 8.97. The monoisotopic (exact) mass is 298 g/mol. The van der Waals surface area contributed by atoms with Gasteiger partial charge in [0, 0.05) is 38.6 Å². The average molecular weight is 298 g/mol. The number of likely N-dealkylation sites (tertiary alicyclic amines) is 2. The standard InChI is InChI=1S/C17H22N4O/c1-2-21(16-8-9-19(12-16)13-18)17(22)20-10-15(11-20)14-6-4-3-5-7-14/h3-7,15-16H,2,8-12H2,1H3. The van der Waals surface area contributed by atoms with Crippen molar-refractivity contribution in [2.75, 3.05) is 32.7 Å². The maximum absolute atomic E-state index is 12.7. The molecule has 2 saturated heterocycles. The second kappa shape index (κ2) is 6.27. The van der Waals surface area contributed by atoms with Gasteiger partial charge in [-0.25, -0.2) is 4.79 Å². The number of urea groups is 1. The molecule has 5 heteroatoms. The predicted octanol–water partition coefficient (Wildman–Crippen LogP) is 2.08. The van der Waals surface area contributed by atoms with Crippen molar-refractivity contribution in [2.45, 2.75) is 25.3 Å². The molecule has 1 unspecified atom stereocenters. The third kappa shape index (κ3) is 2.74. The lowest BCUT2D eigenvalue weighted by molar-refractivity contribution is 0.103. The molecule has 2 aliphatic heterocycles. The molecule has 2 aliphatic rings.